The Morgan fingerprint density at radius 3 is 2.56 bits per heavy atom. The lowest BCUT2D eigenvalue weighted by Gasteiger charge is -2.34. The van der Waals surface area contributed by atoms with Gasteiger partial charge in [0.2, 0.25) is 0 Å². The Hall–Kier alpha value is -1.71. The first-order chi connectivity index (χ1) is 8.72. The number of carbonyl (C=O) groups is 1. The maximum absolute atomic E-state index is 11.5. The van der Waals surface area contributed by atoms with Crippen LogP contribution in [0.2, 0.25) is 0 Å². The number of urea groups is 1. The molecule has 1 aromatic carbocycles. The number of hydrogen-bond acceptors (Lipinski definition) is 2. The van der Waals surface area contributed by atoms with Crippen LogP contribution in [0.1, 0.15) is 19.8 Å². The summed E-state index contributed by atoms with van der Waals surface area (Å²) in [5, 5.41) is 6.33. The van der Waals surface area contributed by atoms with Crippen molar-refractivity contribution in [3.63, 3.8) is 0 Å². The van der Waals surface area contributed by atoms with E-state index in [2.05, 4.69) is 29.7 Å². The Labute approximate surface area is 107 Å². The fourth-order valence-electron chi connectivity index (χ4n) is 2.71. The summed E-state index contributed by atoms with van der Waals surface area (Å²) in [4.78, 5) is 13.3. The van der Waals surface area contributed by atoms with Gasteiger partial charge in [0, 0.05) is 30.5 Å². The van der Waals surface area contributed by atoms with Crippen molar-refractivity contribution in [3.8, 4) is 0 Å². The van der Waals surface area contributed by atoms with Crippen LogP contribution in [0.3, 0.4) is 0 Å². The molecule has 4 nitrogen and oxygen atoms in total. The summed E-state index contributed by atoms with van der Waals surface area (Å²) in [6, 6.07) is 8.77. The molecule has 0 radical (unpaired) electrons. The molecule has 0 aromatic heterocycles. The third-order valence-corrected chi connectivity index (χ3v) is 3.78. The van der Waals surface area contributed by atoms with Crippen LogP contribution in [0.25, 0.3) is 0 Å². The lowest BCUT2D eigenvalue weighted by atomic mass is 9.82. The van der Waals surface area contributed by atoms with Crippen molar-refractivity contribution >= 4 is 17.4 Å². The van der Waals surface area contributed by atoms with Crippen molar-refractivity contribution < 1.29 is 4.79 Å². The lowest BCUT2D eigenvalue weighted by molar-refractivity contribution is 0.252. The Balaban J connectivity index is 1.63. The van der Waals surface area contributed by atoms with Gasteiger partial charge in [-0.25, -0.2) is 4.79 Å². The van der Waals surface area contributed by atoms with Gasteiger partial charge in [-0.3, -0.25) is 4.90 Å². The minimum atomic E-state index is 0.00327. The van der Waals surface area contributed by atoms with Gasteiger partial charge in [-0.05, 0) is 43.0 Å². The van der Waals surface area contributed by atoms with E-state index in [0.717, 1.165) is 30.4 Å². The molecule has 0 bridgehead atoms. The van der Waals surface area contributed by atoms with Crippen molar-refractivity contribution in [2.24, 2.45) is 5.92 Å². The second-order valence-electron chi connectivity index (χ2n) is 5.35. The third kappa shape index (κ3) is 2.15. The summed E-state index contributed by atoms with van der Waals surface area (Å²) in [6.45, 7) is 3.78. The summed E-state index contributed by atoms with van der Waals surface area (Å²) >= 11 is 0. The van der Waals surface area contributed by atoms with E-state index in [1.54, 1.807) is 4.90 Å². The average molecular weight is 245 g/mol. The molecule has 0 unspecified atom stereocenters. The molecule has 2 amide bonds. The molecule has 1 aliphatic heterocycles. The molecule has 1 aliphatic carbocycles. The first-order valence-corrected chi connectivity index (χ1v) is 6.64. The van der Waals surface area contributed by atoms with Crippen LogP contribution in [0.4, 0.5) is 16.2 Å². The number of nitrogens with zero attached hydrogens (tertiary/aromatic N) is 1. The van der Waals surface area contributed by atoms with Crippen molar-refractivity contribution in [1.29, 1.82) is 0 Å². The normalized spacial score (nSPS) is 26.7. The fraction of sp³-hybridized carbons (Fsp3) is 0.500. The molecular formula is C14H19N3O. The standard InChI is InChI=1S/C14H19N3O/c1-10-8-12(9-10)16-11-2-4-13(5-3-11)17-7-6-15-14(17)18/h2-5,10,12,16H,6-9H2,1H3,(H,15,18). The molecule has 2 aliphatic rings. The highest BCUT2D eigenvalue weighted by atomic mass is 16.2. The maximum atomic E-state index is 11.5. The van der Waals surface area contributed by atoms with Crippen molar-refractivity contribution in [3.05, 3.63) is 24.3 Å². The smallest absolute Gasteiger partial charge is 0.321 e. The van der Waals surface area contributed by atoms with E-state index in [1.807, 2.05) is 12.1 Å². The number of carbonyl (C=O) groups excluding carboxylic acids is 1. The Bertz CT molecular complexity index is 437. The molecule has 0 spiro atoms. The molecule has 2 N–H and O–H groups in total. The van der Waals surface area contributed by atoms with E-state index in [0.29, 0.717) is 6.04 Å². The van der Waals surface area contributed by atoms with Gasteiger partial charge in [0.1, 0.15) is 0 Å². The van der Waals surface area contributed by atoms with E-state index in [1.165, 1.54) is 12.8 Å². The van der Waals surface area contributed by atoms with Gasteiger partial charge in [-0.15, -0.1) is 0 Å². The van der Waals surface area contributed by atoms with Gasteiger partial charge in [0.05, 0.1) is 0 Å². The molecule has 2 fully saturated rings. The molecular weight excluding hydrogens is 226 g/mol. The zero-order valence-electron chi connectivity index (χ0n) is 10.6. The van der Waals surface area contributed by atoms with Crippen molar-refractivity contribution in [1.82, 2.24) is 5.32 Å². The maximum Gasteiger partial charge on any atom is 0.321 e. The van der Waals surface area contributed by atoms with Crippen LogP contribution < -0.4 is 15.5 Å². The average Bonchev–Trinajstić information content (AvgIpc) is 2.75. The summed E-state index contributed by atoms with van der Waals surface area (Å²) < 4.78 is 0. The topological polar surface area (TPSA) is 44.4 Å². The quantitative estimate of drug-likeness (QED) is 0.859. The highest BCUT2D eigenvalue weighted by molar-refractivity contribution is 5.94. The van der Waals surface area contributed by atoms with Crippen LogP contribution in [-0.2, 0) is 0 Å². The third-order valence-electron chi connectivity index (χ3n) is 3.78. The molecule has 96 valence electrons. The van der Waals surface area contributed by atoms with Gasteiger partial charge in [0.25, 0.3) is 0 Å². The Kier molecular flexibility index (Phi) is 2.86. The highest BCUT2D eigenvalue weighted by Crippen LogP contribution is 2.30. The predicted octanol–water partition coefficient (Wildman–Crippen LogP) is 2.43. The Morgan fingerprint density at radius 1 is 1.28 bits per heavy atom. The van der Waals surface area contributed by atoms with Crippen molar-refractivity contribution in [2.45, 2.75) is 25.8 Å². The molecule has 4 heteroatoms. The number of rotatable bonds is 3. The molecule has 18 heavy (non-hydrogen) atoms. The minimum Gasteiger partial charge on any atom is -0.382 e. The van der Waals surface area contributed by atoms with E-state index >= 15 is 0 Å². The molecule has 1 saturated heterocycles. The van der Waals surface area contributed by atoms with E-state index in [-0.39, 0.29) is 6.03 Å². The number of amides is 2. The zero-order valence-corrected chi connectivity index (χ0v) is 10.6. The summed E-state index contributed by atoms with van der Waals surface area (Å²) in [5.41, 5.74) is 2.12. The molecule has 1 aromatic rings. The fourth-order valence-corrected chi connectivity index (χ4v) is 2.71. The number of nitrogens with one attached hydrogen (secondary N) is 2. The summed E-state index contributed by atoms with van der Waals surface area (Å²) in [5.74, 6) is 0.857. The van der Waals surface area contributed by atoms with Gasteiger partial charge < -0.3 is 10.6 Å². The van der Waals surface area contributed by atoms with Crippen molar-refractivity contribution in [2.75, 3.05) is 23.3 Å². The Morgan fingerprint density at radius 2 is 2.00 bits per heavy atom. The van der Waals surface area contributed by atoms with Crippen LogP contribution >= 0.6 is 0 Å². The summed E-state index contributed by atoms with van der Waals surface area (Å²) in [7, 11) is 0. The van der Waals surface area contributed by atoms with E-state index in [9.17, 15) is 4.79 Å². The molecule has 0 atom stereocenters. The largest absolute Gasteiger partial charge is 0.382 e. The second kappa shape index (κ2) is 4.52. The minimum absolute atomic E-state index is 0.00327. The monoisotopic (exact) mass is 245 g/mol. The predicted molar refractivity (Wildman–Crippen MR) is 73.0 cm³/mol. The summed E-state index contributed by atoms with van der Waals surface area (Å²) in [6.07, 6.45) is 2.52. The number of anilines is 2. The molecule has 1 heterocycles. The van der Waals surface area contributed by atoms with E-state index < -0.39 is 0 Å². The molecule has 1 saturated carbocycles. The van der Waals surface area contributed by atoms with E-state index in [4.69, 9.17) is 0 Å². The van der Waals surface area contributed by atoms with Crippen LogP contribution in [0.15, 0.2) is 24.3 Å². The van der Waals surface area contributed by atoms with Gasteiger partial charge in [-0.1, -0.05) is 6.92 Å². The SMILES string of the molecule is CC1CC(Nc2ccc(N3CCNC3=O)cc2)C1. The van der Waals surface area contributed by atoms with Gasteiger partial charge >= 0.3 is 6.03 Å². The zero-order chi connectivity index (χ0) is 12.5. The highest BCUT2D eigenvalue weighted by Gasteiger charge is 2.25. The first kappa shape index (κ1) is 11.4. The second-order valence-corrected chi connectivity index (χ2v) is 5.35. The van der Waals surface area contributed by atoms with Crippen LogP contribution in [0.5, 0.6) is 0 Å². The number of benzene rings is 1. The lowest BCUT2D eigenvalue weighted by Crippen LogP contribution is -2.33. The van der Waals surface area contributed by atoms with Gasteiger partial charge in [0.15, 0.2) is 0 Å². The van der Waals surface area contributed by atoms with Gasteiger partial charge in [-0.2, -0.15) is 0 Å². The molecule has 3 rings (SSSR count). The van der Waals surface area contributed by atoms with Crippen LogP contribution in [-0.4, -0.2) is 25.2 Å². The van der Waals surface area contributed by atoms with Crippen LogP contribution in [0, 0.1) is 5.92 Å². The first-order valence-electron chi connectivity index (χ1n) is 6.64. The number of hydrogen-bond donors (Lipinski definition) is 2.